The number of sulfone groups is 1. The molecule has 0 atom stereocenters. The van der Waals surface area contributed by atoms with Gasteiger partial charge in [0, 0.05) is 5.69 Å². The van der Waals surface area contributed by atoms with Crippen molar-refractivity contribution in [2.75, 3.05) is 16.9 Å². The van der Waals surface area contributed by atoms with E-state index >= 15 is 0 Å². The van der Waals surface area contributed by atoms with Crippen LogP contribution in [0.15, 0.2) is 59.5 Å². The molecular weight excluding hydrogens is 248 g/mol. The molecule has 94 valence electrons. The molecule has 0 fully saturated rings. The van der Waals surface area contributed by atoms with Crippen molar-refractivity contribution in [3.8, 4) is 0 Å². The topological polar surface area (TPSA) is 72.2 Å². The van der Waals surface area contributed by atoms with Crippen LogP contribution in [-0.4, -0.2) is 14.3 Å². The zero-order chi connectivity index (χ0) is 13.0. The lowest BCUT2D eigenvalue weighted by molar-refractivity contribution is 0.598. The first-order valence-corrected chi connectivity index (χ1v) is 7.11. The highest BCUT2D eigenvalue weighted by Crippen LogP contribution is 2.19. The van der Waals surface area contributed by atoms with E-state index in [-0.39, 0.29) is 16.5 Å². The first kappa shape index (κ1) is 12.4. The molecule has 0 saturated heterocycles. The zero-order valence-corrected chi connectivity index (χ0v) is 10.5. The van der Waals surface area contributed by atoms with E-state index in [4.69, 9.17) is 5.73 Å². The van der Waals surface area contributed by atoms with Gasteiger partial charge < -0.3 is 11.1 Å². The molecule has 0 radical (unpaired) electrons. The Labute approximate surface area is 106 Å². The molecule has 0 aliphatic carbocycles. The summed E-state index contributed by atoms with van der Waals surface area (Å²) in [5.74, 6) is -0.175. The number of para-hydroxylation sites is 2. The van der Waals surface area contributed by atoms with Gasteiger partial charge >= 0.3 is 0 Å². The van der Waals surface area contributed by atoms with Gasteiger partial charge in [-0.05, 0) is 24.3 Å². The first-order valence-electron chi connectivity index (χ1n) is 5.46. The zero-order valence-electron chi connectivity index (χ0n) is 9.71. The Kier molecular flexibility index (Phi) is 3.53. The van der Waals surface area contributed by atoms with E-state index in [1.165, 1.54) is 6.07 Å². The minimum Gasteiger partial charge on any atom is -0.398 e. The van der Waals surface area contributed by atoms with E-state index in [1.54, 1.807) is 18.2 Å². The van der Waals surface area contributed by atoms with E-state index in [2.05, 4.69) is 5.32 Å². The number of nitrogens with two attached hydrogens (primary N) is 1. The van der Waals surface area contributed by atoms with Crippen molar-refractivity contribution in [3.05, 3.63) is 54.6 Å². The van der Waals surface area contributed by atoms with Gasteiger partial charge in [0.15, 0.2) is 9.84 Å². The summed E-state index contributed by atoms with van der Waals surface area (Å²) in [5.41, 5.74) is 6.70. The maximum atomic E-state index is 12.1. The minimum absolute atomic E-state index is 0.161. The summed E-state index contributed by atoms with van der Waals surface area (Å²) in [5, 5.41) is 2.87. The molecule has 2 aromatic carbocycles. The van der Waals surface area contributed by atoms with Crippen LogP contribution < -0.4 is 11.1 Å². The third-order valence-electron chi connectivity index (χ3n) is 2.49. The maximum absolute atomic E-state index is 12.1. The van der Waals surface area contributed by atoms with Gasteiger partial charge in [0.25, 0.3) is 0 Å². The average molecular weight is 262 g/mol. The van der Waals surface area contributed by atoms with Gasteiger partial charge in [0.1, 0.15) is 5.88 Å². The number of anilines is 2. The monoisotopic (exact) mass is 262 g/mol. The Morgan fingerprint density at radius 3 is 2.22 bits per heavy atom. The Morgan fingerprint density at radius 1 is 0.944 bits per heavy atom. The molecule has 2 aromatic rings. The second kappa shape index (κ2) is 5.10. The molecule has 0 unspecified atom stereocenters. The summed E-state index contributed by atoms with van der Waals surface area (Å²) in [6.07, 6.45) is 0. The van der Waals surface area contributed by atoms with E-state index in [0.717, 1.165) is 5.69 Å². The van der Waals surface area contributed by atoms with Crippen LogP contribution in [0.25, 0.3) is 0 Å². The molecule has 5 heteroatoms. The van der Waals surface area contributed by atoms with Gasteiger partial charge in [-0.1, -0.05) is 30.3 Å². The van der Waals surface area contributed by atoms with Gasteiger partial charge in [-0.3, -0.25) is 0 Å². The van der Waals surface area contributed by atoms with E-state index in [9.17, 15) is 8.42 Å². The van der Waals surface area contributed by atoms with Crippen LogP contribution in [0.4, 0.5) is 11.4 Å². The summed E-state index contributed by atoms with van der Waals surface area (Å²) in [6.45, 7) is 0. The highest BCUT2D eigenvalue weighted by molar-refractivity contribution is 7.91. The van der Waals surface area contributed by atoms with Gasteiger partial charge in [-0.25, -0.2) is 8.42 Å². The lowest BCUT2D eigenvalue weighted by atomic mass is 10.3. The number of hydrogen-bond acceptors (Lipinski definition) is 4. The SMILES string of the molecule is Nc1ccccc1S(=O)(=O)CNc1ccccc1. The summed E-state index contributed by atoms with van der Waals surface area (Å²) >= 11 is 0. The molecular formula is C13H14N2O2S. The molecule has 0 saturated carbocycles. The van der Waals surface area contributed by atoms with Crippen molar-refractivity contribution in [2.24, 2.45) is 0 Å². The summed E-state index contributed by atoms with van der Waals surface area (Å²) in [4.78, 5) is 0.161. The average Bonchev–Trinajstić information content (AvgIpc) is 2.38. The van der Waals surface area contributed by atoms with Crippen LogP contribution in [0.3, 0.4) is 0 Å². The molecule has 0 aliphatic heterocycles. The fourth-order valence-electron chi connectivity index (χ4n) is 1.58. The quantitative estimate of drug-likeness (QED) is 0.828. The molecule has 3 N–H and O–H groups in total. The maximum Gasteiger partial charge on any atom is 0.198 e. The van der Waals surface area contributed by atoms with Crippen LogP contribution in [0, 0.1) is 0 Å². The van der Waals surface area contributed by atoms with Gasteiger partial charge in [0.2, 0.25) is 0 Å². The van der Waals surface area contributed by atoms with Crippen LogP contribution >= 0.6 is 0 Å². The highest BCUT2D eigenvalue weighted by atomic mass is 32.2. The fourth-order valence-corrected chi connectivity index (χ4v) is 2.80. The van der Waals surface area contributed by atoms with Crippen LogP contribution in [0.2, 0.25) is 0 Å². The predicted molar refractivity (Wildman–Crippen MR) is 73.0 cm³/mol. The van der Waals surface area contributed by atoms with Crippen molar-refractivity contribution in [3.63, 3.8) is 0 Å². The van der Waals surface area contributed by atoms with Gasteiger partial charge in [-0.15, -0.1) is 0 Å². The molecule has 0 aliphatic rings. The normalized spacial score (nSPS) is 11.1. The minimum atomic E-state index is -3.43. The third-order valence-corrected chi connectivity index (χ3v) is 4.06. The largest absolute Gasteiger partial charge is 0.398 e. The van der Waals surface area contributed by atoms with Crippen LogP contribution in [0.1, 0.15) is 0 Å². The molecule has 18 heavy (non-hydrogen) atoms. The van der Waals surface area contributed by atoms with Crippen molar-refractivity contribution >= 4 is 21.2 Å². The molecule has 4 nitrogen and oxygen atoms in total. The van der Waals surface area contributed by atoms with Crippen molar-refractivity contribution in [1.82, 2.24) is 0 Å². The number of nitrogens with one attached hydrogen (secondary N) is 1. The van der Waals surface area contributed by atoms with Crippen molar-refractivity contribution < 1.29 is 8.42 Å². The smallest absolute Gasteiger partial charge is 0.198 e. The molecule has 0 heterocycles. The molecule has 0 amide bonds. The molecule has 0 aromatic heterocycles. The summed E-state index contributed by atoms with van der Waals surface area (Å²) in [6, 6.07) is 15.6. The second-order valence-corrected chi connectivity index (χ2v) is 5.80. The lowest BCUT2D eigenvalue weighted by Gasteiger charge is -2.09. The highest BCUT2D eigenvalue weighted by Gasteiger charge is 2.16. The fraction of sp³-hybridized carbons (Fsp3) is 0.0769. The van der Waals surface area contributed by atoms with Crippen molar-refractivity contribution in [2.45, 2.75) is 4.90 Å². The Morgan fingerprint density at radius 2 is 1.56 bits per heavy atom. The Hall–Kier alpha value is -2.01. The van der Waals surface area contributed by atoms with Crippen molar-refractivity contribution in [1.29, 1.82) is 0 Å². The van der Waals surface area contributed by atoms with Gasteiger partial charge in [0.05, 0.1) is 10.6 Å². The number of nitrogen functional groups attached to an aromatic ring is 1. The van der Waals surface area contributed by atoms with E-state index < -0.39 is 9.84 Å². The summed E-state index contributed by atoms with van der Waals surface area (Å²) < 4.78 is 24.2. The third kappa shape index (κ3) is 2.81. The molecule has 2 rings (SSSR count). The Bertz CT molecular complexity index is 624. The van der Waals surface area contributed by atoms with E-state index in [1.807, 2.05) is 30.3 Å². The summed E-state index contributed by atoms with van der Waals surface area (Å²) in [7, 11) is -3.43. The lowest BCUT2D eigenvalue weighted by Crippen LogP contribution is -2.16. The molecule has 0 bridgehead atoms. The van der Waals surface area contributed by atoms with E-state index in [0.29, 0.717) is 0 Å². The number of hydrogen-bond donors (Lipinski definition) is 2. The number of rotatable bonds is 4. The predicted octanol–water partition coefficient (Wildman–Crippen LogP) is 2.11. The molecule has 0 spiro atoms. The first-order chi connectivity index (χ1) is 8.59. The second-order valence-electron chi connectivity index (χ2n) is 3.84. The number of benzene rings is 2. The van der Waals surface area contributed by atoms with Crippen LogP contribution in [0.5, 0.6) is 0 Å². The Balaban J connectivity index is 2.16. The van der Waals surface area contributed by atoms with Crippen LogP contribution in [-0.2, 0) is 9.84 Å². The standard InChI is InChI=1S/C13H14N2O2S/c14-12-8-4-5-9-13(12)18(16,17)10-15-11-6-2-1-3-7-11/h1-9,15H,10,14H2. The van der Waals surface area contributed by atoms with Gasteiger partial charge in [-0.2, -0.15) is 0 Å².